The number of anilines is 2. The number of fused-ring (bicyclic) bond motifs is 1. The molecule has 0 radical (unpaired) electrons. The van der Waals surface area contributed by atoms with Crippen molar-refractivity contribution in [3.63, 3.8) is 0 Å². The molecule has 0 bridgehead atoms. The Balaban J connectivity index is 1.89. The maximum absolute atomic E-state index is 2.37. The second-order valence-electron chi connectivity index (χ2n) is 8.43. The lowest BCUT2D eigenvalue weighted by atomic mass is 9.84. The van der Waals surface area contributed by atoms with Gasteiger partial charge in [-0.1, -0.05) is 60.7 Å². The zero-order valence-electron chi connectivity index (χ0n) is 18.6. The van der Waals surface area contributed by atoms with E-state index in [4.69, 9.17) is 0 Å². The summed E-state index contributed by atoms with van der Waals surface area (Å²) >= 11 is 0. The molecule has 4 rings (SSSR count). The Morgan fingerprint density at radius 2 is 1.03 bits per heavy atom. The van der Waals surface area contributed by atoms with Crippen molar-refractivity contribution in [2.45, 2.75) is 12.8 Å². The molecule has 2 aliphatic rings. The predicted octanol–water partition coefficient (Wildman–Crippen LogP) is 6.41. The zero-order valence-corrected chi connectivity index (χ0v) is 18.6. The monoisotopic (exact) mass is 394 g/mol. The van der Waals surface area contributed by atoms with Crippen LogP contribution in [0.2, 0.25) is 0 Å². The van der Waals surface area contributed by atoms with Gasteiger partial charge in [0.15, 0.2) is 0 Å². The fraction of sp³-hybridized carbons (Fsp3) is 0.214. The van der Waals surface area contributed by atoms with Crippen molar-refractivity contribution in [3.8, 4) is 11.1 Å². The summed E-state index contributed by atoms with van der Waals surface area (Å²) in [4.78, 5) is 4.29. The second-order valence-corrected chi connectivity index (χ2v) is 8.43. The van der Waals surface area contributed by atoms with Crippen LogP contribution < -0.4 is 9.80 Å². The van der Waals surface area contributed by atoms with Crippen LogP contribution in [-0.2, 0) is 0 Å². The van der Waals surface area contributed by atoms with Gasteiger partial charge in [0.1, 0.15) is 0 Å². The van der Waals surface area contributed by atoms with Crippen LogP contribution in [0.4, 0.5) is 11.4 Å². The molecule has 0 heterocycles. The average molecular weight is 395 g/mol. The number of benzene rings is 2. The van der Waals surface area contributed by atoms with E-state index in [1.807, 2.05) is 0 Å². The third kappa shape index (κ3) is 3.78. The molecule has 0 fully saturated rings. The Morgan fingerprint density at radius 1 is 0.567 bits per heavy atom. The van der Waals surface area contributed by atoms with E-state index in [1.54, 1.807) is 0 Å². The van der Waals surface area contributed by atoms with Gasteiger partial charge in [0.05, 0.1) is 0 Å². The largest absolute Gasteiger partial charge is 0.378 e. The van der Waals surface area contributed by atoms with Gasteiger partial charge in [-0.3, -0.25) is 0 Å². The quantitative estimate of drug-likeness (QED) is 0.386. The van der Waals surface area contributed by atoms with Gasteiger partial charge in [-0.25, -0.2) is 0 Å². The molecule has 2 aromatic carbocycles. The lowest BCUT2D eigenvalue weighted by Crippen LogP contribution is -2.10. The molecule has 0 amide bonds. The van der Waals surface area contributed by atoms with E-state index in [0.29, 0.717) is 0 Å². The molecule has 0 saturated heterocycles. The number of hydrogen-bond acceptors (Lipinski definition) is 2. The summed E-state index contributed by atoms with van der Waals surface area (Å²) in [5, 5.41) is 0. The van der Waals surface area contributed by atoms with Crippen molar-refractivity contribution < 1.29 is 0 Å². The van der Waals surface area contributed by atoms with Crippen LogP contribution in [0.1, 0.15) is 28.2 Å². The van der Waals surface area contributed by atoms with Crippen molar-refractivity contribution in [2.24, 2.45) is 0 Å². The van der Waals surface area contributed by atoms with Gasteiger partial charge in [-0.2, -0.15) is 0 Å². The van der Waals surface area contributed by atoms with Gasteiger partial charge in [0.2, 0.25) is 0 Å². The van der Waals surface area contributed by atoms with Crippen LogP contribution in [-0.4, -0.2) is 28.2 Å². The standard InChI is InChI=1S/C28H30N2/c1-20-19-27(26-10-8-6-7-9-25(20)26)28(21-11-15-23(16-12-21)29(2)3)22-13-17-24(18-14-22)30(4)5/h6-19,28H,1-5H3. The third-order valence-corrected chi connectivity index (χ3v) is 5.94. The van der Waals surface area contributed by atoms with Gasteiger partial charge in [0.25, 0.3) is 0 Å². The molecular weight excluding hydrogens is 364 g/mol. The Kier molecular flexibility index (Phi) is 5.50. The van der Waals surface area contributed by atoms with Gasteiger partial charge >= 0.3 is 0 Å². The predicted molar refractivity (Wildman–Crippen MR) is 130 cm³/mol. The number of nitrogens with zero attached hydrogens (tertiary/aromatic N) is 2. The molecule has 0 N–H and O–H groups in total. The van der Waals surface area contributed by atoms with E-state index in [-0.39, 0.29) is 5.92 Å². The van der Waals surface area contributed by atoms with E-state index < -0.39 is 0 Å². The normalized spacial score (nSPS) is 11.1. The second kappa shape index (κ2) is 8.23. The van der Waals surface area contributed by atoms with E-state index in [9.17, 15) is 0 Å². The minimum absolute atomic E-state index is 0.191. The van der Waals surface area contributed by atoms with Gasteiger partial charge in [-0.15, -0.1) is 0 Å². The van der Waals surface area contributed by atoms with Gasteiger partial charge in [-0.05, 0) is 64.6 Å². The molecule has 2 heteroatoms. The highest BCUT2D eigenvalue weighted by atomic mass is 15.1. The molecule has 152 valence electrons. The van der Waals surface area contributed by atoms with Crippen molar-refractivity contribution in [1.82, 2.24) is 0 Å². The Bertz CT molecular complexity index is 1040. The summed E-state index contributed by atoms with van der Waals surface area (Å²) in [5.74, 6) is 0.191. The van der Waals surface area contributed by atoms with Crippen molar-refractivity contribution in [1.29, 1.82) is 0 Å². The summed E-state index contributed by atoms with van der Waals surface area (Å²) in [6.45, 7) is 2.22. The molecule has 0 saturated carbocycles. The Hall–Kier alpha value is -3.26. The summed E-state index contributed by atoms with van der Waals surface area (Å²) < 4.78 is 0. The minimum Gasteiger partial charge on any atom is -0.378 e. The van der Waals surface area contributed by atoms with Gasteiger partial charge in [0, 0.05) is 45.5 Å². The summed E-state index contributed by atoms with van der Waals surface area (Å²) in [7, 11) is 8.34. The van der Waals surface area contributed by atoms with E-state index >= 15 is 0 Å². The highest BCUT2D eigenvalue weighted by Gasteiger charge is 2.23. The zero-order chi connectivity index (χ0) is 21.3. The Morgan fingerprint density at radius 3 is 1.50 bits per heavy atom. The van der Waals surface area contributed by atoms with E-state index in [1.165, 1.54) is 44.8 Å². The highest BCUT2D eigenvalue weighted by molar-refractivity contribution is 5.77. The van der Waals surface area contributed by atoms with E-state index in [2.05, 4.69) is 130 Å². The summed E-state index contributed by atoms with van der Waals surface area (Å²) in [6, 6.07) is 31.2. The minimum atomic E-state index is 0.191. The molecule has 2 nitrogen and oxygen atoms in total. The lowest BCUT2D eigenvalue weighted by molar-refractivity contribution is 0.981. The smallest absolute Gasteiger partial charge is 0.0361 e. The first kappa shape index (κ1) is 20.0. The van der Waals surface area contributed by atoms with Gasteiger partial charge < -0.3 is 9.80 Å². The SMILES string of the molecule is Cc1cc(C(c2ccc(N(C)C)cc2)c2ccc(N(C)C)cc2)c2cccccc1-2. The van der Waals surface area contributed by atoms with Crippen molar-refractivity contribution in [2.75, 3.05) is 38.0 Å². The summed E-state index contributed by atoms with van der Waals surface area (Å²) in [6.07, 6.45) is 0. The average Bonchev–Trinajstić information content (AvgIpc) is 2.91. The lowest BCUT2D eigenvalue weighted by Gasteiger charge is -2.22. The van der Waals surface area contributed by atoms with Crippen LogP contribution in [0.5, 0.6) is 0 Å². The highest BCUT2D eigenvalue weighted by Crippen LogP contribution is 2.42. The number of hydrogen-bond donors (Lipinski definition) is 0. The third-order valence-electron chi connectivity index (χ3n) is 5.94. The summed E-state index contributed by atoms with van der Waals surface area (Å²) in [5.41, 5.74) is 10.4. The molecule has 2 aromatic rings. The fourth-order valence-corrected chi connectivity index (χ4v) is 4.25. The molecular formula is C28H30N2. The first-order chi connectivity index (χ1) is 14.5. The fourth-order valence-electron chi connectivity index (χ4n) is 4.25. The molecule has 0 spiro atoms. The first-order valence-electron chi connectivity index (χ1n) is 10.5. The van der Waals surface area contributed by atoms with Crippen molar-refractivity contribution >= 4 is 11.4 Å². The first-order valence-corrected chi connectivity index (χ1v) is 10.5. The number of aryl methyl sites for hydroxylation is 1. The van der Waals surface area contributed by atoms with Crippen LogP contribution in [0.15, 0.2) is 84.9 Å². The maximum atomic E-state index is 2.37. The molecule has 0 aliphatic heterocycles. The van der Waals surface area contributed by atoms with Crippen LogP contribution in [0.3, 0.4) is 0 Å². The molecule has 0 aromatic heterocycles. The maximum Gasteiger partial charge on any atom is 0.0361 e. The topological polar surface area (TPSA) is 6.48 Å². The molecule has 0 unspecified atom stereocenters. The number of rotatable bonds is 5. The van der Waals surface area contributed by atoms with Crippen LogP contribution in [0.25, 0.3) is 11.1 Å². The molecule has 2 aliphatic carbocycles. The van der Waals surface area contributed by atoms with Crippen molar-refractivity contribution in [3.05, 3.63) is 107 Å². The van der Waals surface area contributed by atoms with E-state index in [0.717, 1.165) is 0 Å². The van der Waals surface area contributed by atoms with Crippen LogP contribution >= 0.6 is 0 Å². The Labute approximate surface area is 180 Å². The van der Waals surface area contributed by atoms with Crippen LogP contribution in [0, 0.1) is 6.92 Å². The molecule has 30 heavy (non-hydrogen) atoms. The molecule has 0 atom stereocenters.